The zero-order valence-electron chi connectivity index (χ0n) is 29.9. The van der Waals surface area contributed by atoms with E-state index >= 15 is 0 Å². The number of hydrogen-bond acceptors (Lipinski definition) is 5. The number of hydrogen-bond donors (Lipinski definition) is 0. The molecule has 0 N–H and O–H groups in total. The lowest BCUT2D eigenvalue weighted by Crippen LogP contribution is -2.00. The Labute approximate surface area is 324 Å². The van der Waals surface area contributed by atoms with E-state index in [0.29, 0.717) is 17.5 Å². The number of rotatable bonds is 4. The van der Waals surface area contributed by atoms with E-state index in [4.69, 9.17) is 19.9 Å². The molecule has 5 nitrogen and oxygen atoms in total. The van der Waals surface area contributed by atoms with Gasteiger partial charge in [0.1, 0.15) is 0 Å². The van der Waals surface area contributed by atoms with E-state index in [-0.39, 0.29) is 0 Å². The molecular weight excluding hydrogens is 703 g/mol. The van der Waals surface area contributed by atoms with Crippen molar-refractivity contribution in [3.63, 3.8) is 0 Å². The summed E-state index contributed by atoms with van der Waals surface area (Å²) in [6.07, 6.45) is 0. The highest BCUT2D eigenvalue weighted by Crippen LogP contribution is 2.43. The molecule has 0 aliphatic carbocycles. The standard InChI is InChI=1S/C50H29N5S/c1-2-12-33(13-3-1)47-52-48(54-49(53-47)38-23-18-30-10-4-5-14-35(30)26-38)34-21-19-32(20-22-34)43-29-41-40-25-24-31-11-8-9-17-39(31)45(40)56-46(41)50-51-42-27-36-15-6-7-16-37(36)28-44(42)55(43)50/h1-29H. The Balaban J connectivity index is 1.06. The van der Waals surface area contributed by atoms with E-state index < -0.39 is 0 Å². The summed E-state index contributed by atoms with van der Waals surface area (Å²) in [5, 5.41) is 9.68. The molecule has 0 fully saturated rings. The van der Waals surface area contributed by atoms with Gasteiger partial charge in [0, 0.05) is 32.2 Å². The van der Waals surface area contributed by atoms with Crippen LogP contribution >= 0.6 is 11.3 Å². The fraction of sp³-hybridized carbons (Fsp3) is 0. The lowest BCUT2D eigenvalue weighted by atomic mass is 10.0. The maximum Gasteiger partial charge on any atom is 0.164 e. The smallest absolute Gasteiger partial charge is 0.164 e. The third-order valence-electron chi connectivity index (χ3n) is 11.0. The van der Waals surface area contributed by atoms with Crippen LogP contribution in [0.25, 0.3) is 115 Å². The van der Waals surface area contributed by atoms with Gasteiger partial charge < -0.3 is 0 Å². The predicted octanol–water partition coefficient (Wildman–Crippen LogP) is 13.2. The first kappa shape index (κ1) is 31.1. The highest BCUT2D eigenvalue weighted by atomic mass is 32.1. The molecule has 0 saturated carbocycles. The molecule has 0 aliphatic heterocycles. The maximum absolute atomic E-state index is 5.36. The first-order valence-electron chi connectivity index (χ1n) is 18.7. The molecule has 12 aromatic rings. The molecule has 6 heteroatoms. The van der Waals surface area contributed by atoms with Crippen molar-refractivity contribution in [3.05, 3.63) is 176 Å². The second-order valence-corrected chi connectivity index (χ2v) is 15.3. The fourth-order valence-electron chi connectivity index (χ4n) is 8.20. The number of benzene rings is 8. The van der Waals surface area contributed by atoms with Gasteiger partial charge in [-0.05, 0) is 62.1 Å². The highest BCUT2D eigenvalue weighted by molar-refractivity contribution is 7.27. The van der Waals surface area contributed by atoms with Gasteiger partial charge in [-0.15, -0.1) is 11.3 Å². The molecule has 0 saturated heterocycles. The van der Waals surface area contributed by atoms with Crippen molar-refractivity contribution in [2.75, 3.05) is 0 Å². The van der Waals surface area contributed by atoms with Crippen molar-refractivity contribution in [1.82, 2.24) is 24.3 Å². The number of pyridine rings is 1. The first-order valence-corrected chi connectivity index (χ1v) is 19.5. The van der Waals surface area contributed by atoms with Crippen molar-refractivity contribution < 1.29 is 0 Å². The van der Waals surface area contributed by atoms with Gasteiger partial charge in [-0.1, -0.05) is 152 Å². The van der Waals surface area contributed by atoms with Gasteiger partial charge >= 0.3 is 0 Å². The Morgan fingerprint density at radius 3 is 1.70 bits per heavy atom. The summed E-state index contributed by atoms with van der Waals surface area (Å²) in [7, 11) is 0. The number of fused-ring (bicyclic) bond motifs is 11. The van der Waals surface area contributed by atoms with Crippen LogP contribution in [0.5, 0.6) is 0 Å². The average molecular weight is 732 g/mol. The number of imidazole rings is 1. The number of aromatic nitrogens is 5. The van der Waals surface area contributed by atoms with E-state index in [9.17, 15) is 0 Å². The maximum atomic E-state index is 5.36. The summed E-state index contributed by atoms with van der Waals surface area (Å²) in [4.78, 5) is 20.5. The monoisotopic (exact) mass is 731 g/mol. The minimum Gasteiger partial charge on any atom is -0.291 e. The van der Waals surface area contributed by atoms with Gasteiger partial charge in [0.05, 0.1) is 21.4 Å². The number of thiophene rings is 1. The van der Waals surface area contributed by atoms with Gasteiger partial charge in [0.15, 0.2) is 23.1 Å². The van der Waals surface area contributed by atoms with Crippen LogP contribution in [0.1, 0.15) is 0 Å². The molecule has 0 amide bonds. The van der Waals surface area contributed by atoms with Gasteiger partial charge in [-0.2, -0.15) is 0 Å². The normalized spacial score (nSPS) is 11.9. The first-order chi connectivity index (χ1) is 27.7. The molecule has 0 aliphatic rings. The Morgan fingerprint density at radius 2 is 0.929 bits per heavy atom. The Kier molecular flexibility index (Phi) is 6.73. The zero-order valence-corrected chi connectivity index (χ0v) is 30.7. The molecule has 12 rings (SSSR count). The minimum absolute atomic E-state index is 0.629. The largest absolute Gasteiger partial charge is 0.291 e. The summed E-state index contributed by atoms with van der Waals surface area (Å²) in [5.41, 5.74) is 8.03. The molecule has 0 unspecified atom stereocenters. The van der Waals surface area contributed by atoms with Gasteiger partial charge in [0.2, 0.25) is 0 Å². The SMILES string of the molecule is c1ccc(-c2nc(-c3ccc(-c4cc5c6ccc7ccccc7c6sc5c5nc6cc7ccccc7cc6n45)cc3)nc(-c3ccc4ccccc4c3)n2)cc1. The van der Waals surface area contributed by atoms with Crippen LogP contribution in [-0.4, -0.2) is 24.3 Å². The van der Waals surface area contributed by atoms with Crippen LogP contribution < -0.4 is 0 Å². The van der Waals surface area contributed by atoms with E-state index in [1.807, 2.05) is 41.7 Å². The third kappa shape index (κ3) is 4.86. The third-order valence-corrected chi connectivity index (χ3v) is 12.2. The molecule has 4 heterocycles. The van der Waals surface area contributed by atoms with Crippen molar-refractivity contribution in [3.8, 4) is 45.4 Å². The van der Waals surface area contributed by atoms with Crippen molar-refractivity contribution in [2.24, 2.45) is 0 Å². The summed E-state index contributed by atoms with van der Waals surface area (Å²) in [5.74, 6) is 1.91. The van der Waals surface area contributed by atoms with Crippen LogP contribution in [-0.2, 0) is 0 Å². The lowest BCUT2D eigenvalue weighted by molar-refractivity contribution is 1.07. The molecular formula is C50H29N5S. The summed E-state index contributed by atoms with van der Waals surface area (Å²) >= 11 is 1.84. The van der Waals surface area contributed by atoms with Gasteiger partial charge in [-0.3, -0.25) is 4.40 Å². The van der Waals surface area contributed by atoms with E-state index in [1.165, 1.54) is 47.1 Å². The molecule has 0 spiro atoms. The highest BCUT2D eigenvalue weighted by Gasteiger charge is 2.20. The van der Waals surface area contributed by atoms with E-state index in [2.05, 4.69) is 150 Å². The average Bonchev–Trinajstić information content (AvgIpc) is 3.84. The molecule has 0 atom stereocenters. The molecule has 56 heavy (non-hydrogen) atoms. The van der Waals surface area contributed by atoms with Crippen LogP contribution in [0.3, 0.4) is 0 Å². The van der Waals surface area contributed by atoms with E-state index in [1.54, 1.807) is 0 Å². The summed E-state index contributed by atoms with van der Waals surface area (Å²) in [6, 6.07) is 62.1. The molecule has 4 aromatic heterocycles. The molecule has 8 aromatic carbocycles. The topological polar surface area (TPSA) is 56.0 Å². The van der Waals surface area contributed by atoms with Crippen LogP contribution in [0, 0.1) is 0 Å². The minimum atomic E-state index is 0.629. The van der Waals surface area contributed by atoms with Crippen molar-refractivity contribution in [2.45, 2.75) is 0 Å². The zero-order chi connectivity index (χ0) is 36.7. The Hall–Kier alpha value is -7.28. The lowest BCUT2D eigenvalue weighted by Gasteiger charge is -2.11. The fourth-order valence-corrected chi connectivity index (χ4v) is 9.49. The molecule has 0 radical (unpaired) electrons. The van der Waals surface area contributed by atoms with E-state index in [0.717, 1.165) is 50.0 Å². The molecule has 0 bridgehead atoms. The van der Waals surface area contributed by atoms with Crippen molar-refractivity contribution >= 4 is 80.5 Å². The summed E-state index contributed by atoms with van der Waals surface area (Å²) in [6.45, 7) is 0. The molecule has 260 valence electrons. The van der Waals surface area contributed by atoms with Gasteiger partial charge in [-0.25, -0.2) is 19.9 Å². The van der Waals surface area contributed by atoms with Gasteiger partial charge in [0.25, 0.3) is 0 Å². The van der Waals surface area contributed by atoms with Crippen LogP contribution in [0.4, 0.5) is 0 Å². The van der Waals surface area contributed by atoms with Crippen molar-refractivity contribution in [1.29, 1.82) is 0 Å². The predicted molar refractivity (Wildman–Crippen MR) is 233 cm³/mol. The Morgan fingerprint density at radius 1 is 0.357 bits per heavy atom. The second kappa shape index (κ2) is 12.1. The second-order valence-electron chi connectivity index (χ2n) is 14.3. The Bertz CT molecular complexity index is 3530. The van der Waals surface area contributed by atoms with Crippen LogP contribution in [0.15, 0.2) is 176 Å². The summed E-state index contributed by atoms with van der Waals surface area (Å²) < 4.78 is 4.83. The number of nitrogens with zero attached hydrogens (tertiary/aromatic N) is 5. The quantitative estimate of drug-likeness (QED) is 0.181. The van der Waals surface area contributed by atoms with Crippen LogP contribution in [0.2, 0.25) is 0 Å².